The fraction of sp³-hybridized carbons (Fsp3) is 0.149. The first kappa shape index (κ1) is 35.1. The van der Waals surface area contributed by atoms with Gasteiger partial charge in [-0.15, -0.1) is 34.9 Å². The molecule has 1 N–H and O–H groups in total. The Labute approximate surface area is 320 Å². The summed E-state index contributed by atoms with van der Waals surface area (Å²) in [4.78, 5) is 10.2. The molecule has 0 atom stereocenters. The predicted molar refractivity (Wildman–Crippen MR) is 211 cm³/mol. The molecule has 0 radical (unpaired) electrons. The summed E-state index contributed by atoms with van der Waals surface area (Å²) in [5.41, 5.74) is 14.3. The van der Waals surface area contributed by atoms with Crippen molar-refractivity contribution in [1.82, 2.24) is 14.5 Å². The van der Waals surface area contributed by atoms with Crippen LogP contribution < -0.4 is 0 Å². The molecule has 0 saturated carbocycles. The largest absolute Gasteiger partial charge is 0.507 e. The molecular weight excluding hydrogens is 818 g/mol. The van der Waals surface area contributed by atoms with Gasteiger partial charge in [0.15, 0.2) is 0 Å². The second-order valence-corrected chi connectivity index (χ2v) is 14.6. The molecule has 8 aromatic rings. The molecule has 2 heterocycles. The zero-order valence-electron chi connectivity index (χ0n) is 30.0. The van der Waals surface area contributed by atoms with E-state index in [-0.39, 0.29) is 32.2 Å². The quantitative estimate of drug-likeness (QED) is 0.170. The van der Waals surface area contributed by atoms with Gasteiger partial charge < -0.3 is 5.11 Å². The summed E-state index contributed by atoms with van der Waals surface area (Å²) in [5.74, 6) is 0.894. The molecule has 0 amide bonds. The molecule has 0 aliphatic heterocycles. The standard InChI is InChI=1S/C47H40N3O.Pt/c1-30-23-34(28-35(24-30)40-27-33(25-32-13-8-6-9-14-32)26-39-31(2)21-22-48-44(39)40)38-17-12-18-42-45(38)49-46(50(42)37-15-10-7-11-16-37)41-29-36(47(3,4)5)19-20-43(41)51;/h6-24,26-27,29,51H,25H2,1-5H3;/q-1;. The summed E-state index contributed by atoms with van der Waals surface area (Å²) < 4.78 is 2.16. The van der Waals surface area contributed by atoms with Crippen LogP contribution in [0.25, 0.3) is 61.3 Å². The Hall–Kier alpha value is -5.31. The third-order valence-electron chi connectivity index (χ3n) is 9.77. The van der Waals surface area contributed by atoms with Crippen molar-refractivity contribution in [2.24, 2.45) is 0 Å². The Bertz CT molecular complexity index is 2570. The number of aryl methyl sites for hydroxylation is 2. The molecule has 52 heavy (non-hydrogen) atoms. The van der Waals surface area contributed by atoms with Gasteiger partial charge in [0.2, 0.25) is 0 Å². The maximum atomic E-state index is 11.3. The first-order chi connectivity index (χ1) is 24.6. The van der Waals surface area contributed by atoms with Crippen molar-refractivity contribution in [3.05, 3.63) is 167 Å². The second-order valence-electron chi connectivity index (χ2n) is 14.6. The molecule has 8 rings (SSSR count). The van der Waals surface area contributed by atoms with E-state index in [1.54, 1.807) is 6.07 Å². The van der Waals surface area contributed by atoms with Gasteiger partial charge in [-0.25, -0.2) is 4.98 Å². The molecule has 4 nitrogen and oxygen atoms in total. The van der Waals surface area contributed by atoms with Crippen LogP contribution in [0.4, 0.5) is 0 Å². The van der Waals surface area contributed by atoms with Gasteiger partial charge in [-0.3, -0.25) is 9.55 Å². The maximum absolute atomic E-state index is 11.3. The number of hydrogen-bond acceptors (Lipinski definition) is 3. The molecule has 0 aliphatic rings. The van der Waals surface area contributed by atoms with Crippen molar-refractivity contribution in [1.29, 1.82) is 0 Å². The Morgan fingerprint density at radius 1 is 0.673 bits per heavy atom. The fourth-order valence-corrected chi connectivity index (χ4v) is 7.11. The van der Waals surface area contributed by atoms with Crippen LogP contribution in [-0.2, 0) is 32.9 Å². The minimum atomic E-state index is -0.0971. The number of fused-ring (bicyclic) bond motifs is 2. The van der Waals surface area contributed by atoms with E-state index >= 15 is 0 Å². The Morgan fingerprint density at radius 2 is 1.38 bits per heavy atom. The van der Waals surface area contributed by atoms with Gasteiger partial charge in [0.25, 0.3) is 0 Å². The van der Waals surface area contributed by atoms with E-state index in [0.29, 0.717) is 11.4 Å². The van der Waals surface area contributed by atoms with Crippen LogP contribution in [-0.4, -0.2) is 19.6 Å². The molecule has 2 aromatic heterocycles. The number of phenols is 1. The smallest absolute Gasteiger partial charge is 0.148 e. The van der Waals surface area contributed by atoms with E-state index in [1.807, 2.05) is 30.5 Å². The number of pyridine rings is 1. The molecule has 0 bridgehead atoms. The van der Waals surface area contributed by atoms with Crippen LogP contribution in [0.2, 0.25) is 0 Å². The van der Waals surface area contributed by atoms with Crippen LogP contribution in [0.5, 0.6) is 5.75 Å². The maximum Gasteiger partial charge on any atom is 0.148 e. The molecule has 260 valence electrons. The average molecular weight is 858 g/mol. The summed E-state index contributed by atoms with van der Waals surface area (Å²) in [6, 6.07) is 47.9. The SMILES string of the molecule is Cc1cc(-c2cc(Cc3ccccc3)cc3c(C)ccnc23)[c-]c(-c2cccc3c2nc(-c2cc(C(C)(C)C)ccc2O)n3-c2ccccc2)c1.[Pt]. The third-order valence-corrected chi connectivity index (χ3v) is 9.77. The fourth-order valence-electron chi connectivity index (χ4n) is 7.11. The Kier molecular flexibility index (Phi) is 9.46. The minimum absolute atomic E-state index is 0. The minimum Gasteiger partial charge on any atom is -0.507 e. The number of aromatic hydroxyl groups is 1. The number of phenolic OH excluding ortho intramolecular Hbond substituents is 1. The van der Waals surface area contributed by atoms with Crippen molar-refractivity contribution in [2.75, 3.05) is 0 Å². The van der Waals surface area contributed by atoms with Gasteiger partial charge in [-0.1, -0.05) is 118 Å². The number of benzene rings is 6. The van der Waals surface area contributed by atoms with Crippen LogP contribution in [0.1, 0.15) is 48.6 Å². The molecule has 0 fully saturated rings. The van der Waals surface area contributed by atoms with Gasteiger partial charge in [0.05, 0.1) is 16.6 Å². The first-order valence-electron chi connectivity index (χ1n) is 17.5. The molecule has 0 saturated heterocycles. The number of rotatable bonds is 6. The first-order valence-corrected chi connectivity index (χ1v) is 17.5. The Morgan fingerprint density at radius 3 is 2.12 bits per heavy atom. The monoisotopic (exact) mass is 857 g/mol. The number of nitrogens with zero attached hydrogens (tertiary/aromatic N) is 3. The van der Waals surface area contributed by atoms with Gasteiger partial charge in [-0.05, 0) is 82.8 Å². The van der Waals surface area contributed by atoms with E-state index in [4.69, 9.17) is 9.97 Å². The summed E-state index contributed by atoms with van der Waals surface area (Å²) in [5, 5.41) is 12.4. The van der Waals surface area contributed by atoms with Gasteiger partial charge >= 0.3 is 0 Å². The summed E-state index contributed by atoms with van der Waals surface area (Å²) in [6.07, 6.45) is 2.73. The van der Waals surface area contributed by atoms with E-state index in [0.717, 1.165) is 67.4 Å². The molecule has 6 aromatic carbocycles. The molecular formula is C47H40N3OPt-. The van der Waals surface area contributed by atoms with E-state index in [9.17, 15) is 5.11 Å². The predicted octanol–water partition coefficient (Wildman–Crippen LogP) is 11.6. The van der Waals surface area contributed by atoms with Crippen LogP contribution in [0.15, 0.2) is 134 Å². The third kappa shape index (κ3) is 6.60. The topological polar surface area (TPSA) is 50.9 Å². The van der Waals surface area contributed by atoms with Crippen molar-refractivity contribution in [3.8, 4) is 45.1 Å². The summed E-state index contributed by atoms with van der Waals surface area (Å²) in [7, 11) is 0. The second kappa shape index (κ2) is 14.0. The molecule has 0 unspecified atom stereocenters. The van der Waals surface area contributed by atoms with Gasteiger partial charge in [0, 0.05) is 38.5 Å². The number of hydrogen-bond donors (Lipinski definition) is 1. The van der Waals surface area contributed by atoms with Crippen LogP contribution in [0.3, 0.4) is 0 Å². The van der Waals surface area contributed by atoms with Crippen molar-refractivity contribution < 1.29 is 26.2 Å². The van der Waals surface area contributed by atoms with E-state index < -0.39 is 0 Å². The number of aromatic nitrogens is 3. The molecule has 0 spiro atoms. The molecule has 5 heteroatoms. The number of para-hydroxylation sites is 2. The van der Waals surface area contributed by atoms with Crippen LogP contribution >= 0.6 is 0 Å². The molecule has 0 aliphatic carbocycles. The van der Waals surface area contributed by atoms with Crippen molar-refractivity contribution in [2.45, 2.75) is 46.5 Å². The zero-order chi connectivity index (χ0) is 35.3. The van der Waals surface area contributed by atoms with Gasteiger partial charge in [0.1, 0.15) is 11.6 Å². The van der Waals surface area contributed by atoms with E-state index in [2.05, 4.69) is 142 Å². The summed E-state index contributed by atoms with van der Waals surface area (Å²) >= 11 is 0. The summed E-state index contributed by atoms with van der Waals surface area (Å²) in [6.45, 7) is 10.8. The van der Waals surface area contributed by atoms with E-state index in [1.165, 1.54) is 16.7 Å². The number of imidazole rings is 1. The average Bonchev–Trinajstić information content (AvgIpc) is 3.51. The zero-order valence-corrected chi connectivity index (χ0v) is 32.3. The van der Waals surface area contributed by atoms with Gasteiger partial charge in [-0.2, -0.15) is 0 Å². The van der Waals surface area contributed by atoms with Crippen LogP contribution in [0, 0.1) is 19.9 Å². The van der Waals surface area contributed by atoms with Crippen molar-refractivity contribution >= 4 is 21.9 Å². The Balaban J connectivity index is 0.00000420. The normalized spacial score (nSPS) is 11.6. The van der Waals surface area contributed by atoms with Crippen molar-refractivity contribution in [3.63, 3.8) is 0 Å².